The molecule has 86 valence electrons. The summed E-state index contributed by atoms with van der Waals surface area (Å²) in [6.45, 7) is 0.613. The van der Waals surface area contributed by atoms with Gasteiger partial charge in [0.15, 0.2) is 0 Å². The molecule has 2 rings (SSSR count). The fraction of sp³-hybridized carbons (Fsp3) is 0.444. The van der Waals surface area contributed by atoms with Crippen LogP contribution in [0.2, 0.25) is 0 Å². The Hall–Kier alpha value is -2.05. The molecular weight excluding hydrogens is 208 g/mol. The minimum atomic E-state index is 0.0912. The van der Waals surface area contributed by atoms with E-state index in [9.17, 15) is 4.79 Å². The van der Waals surface area contributed by atoms with E-state index >= 15 is 0 Å². The normalized spacial score (nSPS) is 19.5. The van der Waals surface area contributed by atoms with Crippen molar-refractivity contribution in [2.24, 2.45) is 0 Å². The number of nitrogens with zero attached hydrogens (tertiary/aromatic N) is 2. The summed E-state index contributed by atoms with van der Waals surface area (Å²) in [5, 5.41) is 5.91. The molecule has 1 unspecified atom stereocenters. The third-order valence-electron chi connectivity index (χ3n) is 2.38. The molecule has 0 aromatic carbocycles. The van der Waals surface area contributed by atoms with Crippen molar-refractivity contribution >= 4 is 23.5 Å². The lowest BCUT2D eigenvalue weighted by Crippen LogP contribution is -2.32. The van der Waals surface area contributed by atoms with Crippen LogP contribution in [0.25, 0.3) is 0 Å². The maximum atomic E-state index is 11.0. The summed E-state index contributed by atoms with van der Waals surface area (Å²) in [6, 6.07) is 1.75. The first-order valence-electron chi connectivity index (χ1n) is 5.07. The standard InChI is InChI=1S/C9H14N6O/c10-6-3-7(15-9(11)14-6)12-4-5-1-2-8(16)13-5/h3,5H,1-2,4H2,(H,13,16)(H5,10,11,12,14,15). The molecule has 7 heteroatoms. The zero-order chi connectivity index (χ0) is 11.5. The van der Waals surface area contributed by atoms with Gasteiger partial charge >= 0.3 is 0 Å². The van der Waals surface area contributed by atoms with E-state index in [-0.39, 0.29) is 17.9 Å². The van der Waals surface area contributed by atoms with Crippen molar-refractivity contribution in [3.05, 3.63) is 6.07 Å². The Kier molecular flexibility index (Phi) is 2.76. The molecule has 1 atom stereocenters. The predicted octanol–water partition coefficient (Wildman–Crippen LogP) is -0.669. The Morgan fingerprint density at radius 1 is 1.50 bits per heavy atom. The molecule has 16 heavy (non-hydrogen) atoms. The number of anilines is 3. The van der Waals surface area contributed by atoms with Gasteiger partial charge in [0.05, 0.1) is 0 Å². The van der Waals surface area contributed by atoms with E-state index in [0.717, 1.165) is 6.42 Å². The minimum absolute atomic E-state index is 0.0912. The third-order valence-corrected chi connectivity index (χ3v) is 2.38. The van der Waals surface area contributed by atoms with Crippen LogP contribution in [0.3, 0.4) is 0 Å². The highest BCUT2D eigenvalue weighted by molar-refractivity contribution is 5.78. The van der Waals surface area contributed by atoms with Crippen LogP contribution in [0.15, 0.2) is 6.07 Å². The monoisotopic (exact) mass is 222 g/mol. The fourth-order valence-electron chi connectivity index (χ4n) is 1.63. The molecule has 6 N–H and O–H groups in total. The van der Waals surface area contributed by atoms with E-state index in [1.165, 1.54) is 0 Å². The Morgan fingerprint density at radius 2 is 2.31 bits per heavy atom. The molecule has 1 fully saturated rings. The summed E-state index contributed by atoms with van der Waals surface area (Å²) < 4.78 is 0. The zero-order valence-electron chi connectivity index (χ0n) is 8.73. The van der Waals surface area contributed by atoms with Crippen LogP contribution in [0.1, 0.15) is 12.8 Å². The molecule has 0 radical (unpaired) electrons. The van der Waals surface area contributed by atoms with Crippen LogP contribution in [0, 0.1) is 0 Å². The van der Waals surface area contributed by atoms with Gasteiger partial charge in [-0.25, -0.2) is 0 Å². The van der Waals surface area contributed by atoms with Gasteiger partial charge in [0.25, 0.3) is 0 Å². The summed E-state index contributed by atoms with van der Waals surface area (Å²) >= 11 is 0. The molecule has 1 saturated heterocycles. The van der Waals surface area contributed by atoms with Crippen molar-refractivity contribution < 1.29 is 4.79 Å². The summed E-state index contributed by atoms with van der Waals surface area (Å²) in [5.74, 6) is 1.13. The molecule has 0 saturated carbocycles. The Labute approximate surface area is 92.6 Å². The summed E-state index contributed by atoms with van der Waals surface area (Å²) in [4.78, 5) is 18.7. The molecule has 1 aliphatic rings. The fourth-order valence-corrected chi connectivity index (χ4v) is 1.63. The average molecular weight is 222 g/mol. The Morgan fingerprint density at radius 3 is 2.94 bits per heavy atom. The number of nitrogens with one attached hydrogen (secondary N) is 2. The van der Waals surface area contributed by atoms with Crippen LogP contribution in [-0.2, 0) is 4.79 Å². The highest BCUT2D eigenvalue weighted by Gasteiger charge is 2.20. The van der Waals surface area contributed by atoms with Gasteiger partial charge in [0.2, 0.25) is 11.9 Å². The van der Waals surface area contributed by atoms with Gasteiger partial charge in [0, 0.05) is 25.1 Å². The molecular formula is C9H14N6O. The number of amides is 1. The van der Waals surface area contributed by atoms with Crippen LogP contribution in [0.4, 0.5) is 17.6 Å². The maximum Gasteiger partial charge on any atom is 0.223 e. The summed E-state index contributed by atoms with van der Waals surface area (Å²) in [7, 11) is 0. The number of aromatic nitrogens is 2. The zero-order valence-corrected chi connectivity index (χ0v) is 8.73. The minimum Gasteiger partial charge on any atom is -0.383 e. The van der Waals surface area contributed by atoms with Gasteiger partial charge < -0.3 is 22.1 Å². The van der Waals surface area contributed by atoms with Crippen molar-refractivity contribution in [1.29, 1.82) is 0 Å². The average Bonchev–Trinajstić information content (AvgIpc) is 2.60. The second-order valence-electron chi connectivity index (χ2n) is 3.72. The van der Waals surface area contributed by atoms with Crippen molar-refractivity contribution in [3.63, 3.8) is 0 Å². The Balaban J connectivity index is 1.91. The summed E-state index contributed by atoms with van der Waals surface area (Å²) in [5.41, 5.74) is 11.0. The van der Waals surface area contributed by atoms with Gasteiger partial charge in [-0.3, -0.25) is 4.79 Å². The number of nitrogen functional groups attached to an aromatic ring is 2. The van der Waals surface area contributed by atoms with Crippen molar-refractivity contribution in [3.8, 4) is 0 Å². The van der Waals surface area contributed by atoms with Gasteiger partial charge in [-0.05, 0) is 6.42 Å². The molecule has 0 bridgehead atoms. The number of hydrogen-bond donors (Lipinski definition) is 4. The molecule has 7 nitrogen and oxygen atoms in total. The molecule has 1 aromatic heterocycles. The highest BCUT2D eigenvalue weighted by atomic mass is 16.1. The number of carbonyl (C=O) groups excluding carboxylic acids is 1. The van der Waals surface area contributed by atoms with E-state index in [1.807, 2.05) is 0 Å². The lowest BCUT2D eigenvalue weighted by Gasteiger charge is -2.12. The van der Waals surface area contributed by atoms with E-state index in [2.05, 4.69) is 20.6 Å². The van der Waals surface area contributed by atoms with E-state index in [1.54, 1.807) is 6.07 Å². The SMILES string of the molecule is Nc1cc(NCC2CCC(=O)N2)nc(N)n1. The maximum absolute atomic E-state index is 11.0. The number of carbonyl (C=O) groups is 1. The molecule has 1 aliphatic heterocycles. The first-order valence-corrected chi connectivity index (χ1v) is 5.07. The lowest BCUT2D eigenvalue weighted by atomic mass is 10.2. The van der Waals surface area contributed by atoms with Crippen LogP contribution in [0.5, 0.6) is 0 Å². The van der Waals surface area contributed by atoms with Crippen LogP contribution in [-0.4, -0.2) is 28.5 Å². The second kappa shape index (κ2) is 4.21. The topological polar surface area (TPSA) is 119 Å². The van der Waals surface area contributed by atoms with Crippen molar-refractivity contribution in [2.75, 3.05) is 23.3 Å². The van der Waals surface area contributed by atoms with Crippen molar-refractivity contribution in [1.82, 2.24) is 15.3 Å². The van der Waals surface area contributed by atoms with Gasteiger partial charge in [-0.15, -0.1) is 0 Å². The molecule has 0 spiro atoms. The highest BCUT2D eigenvalue weighted by Crippen LogP contribution is 2.11. The van der Waals surface area contributed by atoms with E-state index in [0.29, 0.717) is 24.6 Å². The first kappa shape index (κ1) is 10.5. The smallest absolute Gasteiger partial charge is 0.223 e. The van der Waals surface area contributed by atoms with Crippen LogP contribution < -0.4 is 22.1 Å². The van der Waals surface area contributed by atoms with E-state index in [4.69, 9.17) is 11.5 Å². The largest absolute Gasteiger partial charge is 0.383 e. The predicted molar refractivity (Wildman–Crippen MR) is 60.5 cm³/mol. The third kappa shape index (κ3) is 2.50. The lowest BCUT2D eigenvalue weighted by molar-refractivity contribution is -0.119. The molecule has 1 aromatic rings. The second-order valence-corrected chi connectivity index (χ2v) is 3.72. The van der Waals surface area contributed by atoms with Crippen LogP contribution >= 0.6 is 0 Å². The van der Waals surface area contributed by atoms with Crippen molar-refractivity contribution in [2.45, 2.75) is 18.9 Å². The van der Waals surface area contributed by atoms with Gasteiger partial charge in [-0.1, -0.05) is 0 Å². The van der Waals surface area contributed by atoms with E-state index < -0.39 is 0 Å². The van der Waals surface area contributed by atoms with Gasteiger partial charge in [-0.2, -0.15) is 9.97 Å². The molecule has 0 aliphatic carbocycles. The molecule has 2 heterocycles. The Bertz CT molecular complexity index is 387. The van der Waals surface area contributed by atoms with Gasteiger partial charge in [0.1, 0.15) is 11.6 Å². The number of nitrogens with two attached hydrogens (primary N) is 2. The first-order chi connectivity index (χ1) is 7.63. The molecule has 1 amide bonds. The number of hydrogen-bond acceptors (Lipinski definition) is 6. The quantitative estimate of drug-likeness (QED) is 0.538. The summed E-state index contributed by atoms with van der Waals surface area (Å²) in [6.07, 6.45) is 1.42. The number of rotatable bonds is 3.